The van der Waals surface area contributed by atoms with Crippen molar-refractivity contribution in [3.63, 3.8) is 0 Å². The maximum absolute atomic E-state index is 13.2. The van der Waals surface area contributed by atoms with E-state index in [0.717, 1.165) is 5.56 Å². The zero-order valence-corrected chi connectivity index (χ0v) is 17.3. The summed E-state index contributed by atoms with van der Waals surface area (Å²) in [5.41, 5.74) is 1.61. The van der Waals surface area contributed by atoms with Crippen molar-refractivity contribution in [3.8, 4) is 22.7 Å². The largest absolute Gasteiger partial charge is 0.478 e. The molecule has 0 aliphatic rings. The molecule has 7 heteroatoms. The van der Waals surface area contributed by atoms with Gasteiger partial charge in [-0.15, -0.1) is 0 Å². The van der Waals surface area contributed by atoms with E-state index in [0.29, 0.717) is 33.8 Å². The normalized spacial score (nSPS) is 11.3. The van der Waals surface area contributed by atoms with Gasteiger partial charge in [0.05, 0.1) is 22.7 Å². The molecule has 2 heterocycles. The highest BCUT2D eigenvalue weighted by molar-refractivity contribution is 5.95. The van der Waals surface area contributed by atoms with Crippen LogP contribution in [0.4, 0.5) is 0 Å². The molecule has 0 aliphatic heterocycles. The predicted molar refractivity (Wildman–Crippen MR) is 126 cm³/mol. The van der Waals surface area contributed by atoms with Crippen molar-refractivity contribution < 1.29 is 14.3 Å². The SMILES string of the molecule is O=C(O)c1ccccc1-c1ccc(C=Nn2c(-c3ccccc3)nc3ccccc3c2=O)o1. The lowest BCUT2D eigenvalue weighted by molar-refractivity contribution is 0.0697. The van der Waals surface area contributed by atoms with E-state index in [-0.39, 0.29) is 11.1 Å². The Labute approximate surface area is 187 Å². The van der Waals surface area contributed by atoms with Gasteiger partial charge in [-0.2, -0.15) is 9.78 Å². The molecular formula is C26H17N3O4. The van der Waals surface area contributed by atoms with Gasteiger partial charge in [0.15, 0.2) is 5.82 Å². The van der Waals surface area contributed by atoms with Crippen LogP contribution in [0, 0.1) is 0 Å². The molecule has 3 aromatic carbocycles. The van der Waals surface area contributed by atoms with E-state index in [1.165, 1.54) is 17.0 Å². The molecule has 7 nitrogen and oxygen atoms in total. The van der Waals surface area contributed by atoms with Crippen LogP contribution in [-0.2, 0) is 0 Å². The highest BCUT2D eigenvalue weighted by Gasteiger charge is 2.15. The van der Waals surface area contributed by atoms with Gasteiger partial charge in [-0.05, 0) is 30.3 Å². The third-order valence-electron chi connectivity index (χ3n) is 5.14. The Balaban J connectivity index is 1.59. The number of benzene rings is 3. The number of aromatic nitrogens is 2. The third-order valence-corrected chi connectivity index (χ3v) is 5.14. The van der Waals surface area contributed by atoms with E-state index in [1.54, 1.807) is 48.5 Å². The number of nitrogens with zero attached hydrogens (tertiary/aromatic N) is 3. The van der Waals surface area contributed by atoms with E-state index in [2.05, 4.69) is 10.1 Å². The number of hydrogen-bond acceptors (Lipinski definition) is 5. The monoisotopic (exact) mass is 435 g/mol. The van der Waals surface area contributed by atoms with Crippen molar-refractivity contribution in [2.75, 3.05) is 0 Å². The molecule has 0 fully saturated rings. The van der Waals surface area contributed by atoms with Gasteiger partial charge in [0.25, 0.3) is 5.56 Å². The van der Waals surface area contributed by atoms with Gasteiger partial charge in [-0.3, -0.25) is 4.79 Å². The van der Waals surface area contributed by atoms with Crippen LogP contribution >= 0.6 is 0 Å². The summed E-state index contributed by atoms with van der Waals surface area (Å²) in [6, 6.07) is 26.4. The summed E-state index contributed by atoms with van der Waals surface area (Å²) in [6.07, 6.45) is 1.41. The maximum atomic E-state index is 13.2. The number of rotatable bonds is 5. The second-order valence-corrected chi connectivity index (χ2v) is 7.23. The van der Waals surface area contributed by atoms with Crippen molar-refractivity contribution in [2.24, 2.45) is 5.10 Å². The Morgan fingerprint density at radius 2 is 1.64 bits per heavy atom. The first-order valence-corrected chi connectivity index (χ1v) is 10.2. The van der Waals surface area contributed by atoms with Crippen LogP contribution in [0.15, 0.2) is 105 Å². The van der Waals surface area contributed by atoms with E-state index in [4.69, 9.17) is 4.42 Å². The van der Waals surface area contributed by atoms with E-state index in [9.17, 15) is 14.7 Å². The number of hydrogen-bond donors (Lipinski definition) is 1. The summed E-state index contributed by atoms with van der Waals surface area (Å²) in [4.78, 5) is 29.4. The average molecular weight is 435 g/mol. The molecule has 0 radical (unpaired) electrons. The Bertz CT molecular complexity index is 1570. The first-order valence-electron chi connectivity index (χ1n) is 10.2. The fourth-order valence-electron chi connectivity index (χ4n) is 3.57. The molecular weight excluding hydrogens is 418 g/mol. The Kier molecular flexibility index (Phi) is 5.12. The number of para-hydroxylation sites is 1. The van der Waals surface area contributed by atoms with Crippen LogP contribution in [-0.4, -0.2) is 27.0 Å². The lowest BCUT2D eigenvalue weighted by Gasteiger charge is -2.09. The zero-order chi connectivity index (χ0) is 22.8. The predicted octanol–water partition coefficient (Wildman–Crippen LogP) is 4.90. The van der Waals surface area contributed by atoms with Gasteiger partial charge in [0, 0.05) is 11.1 Å². The van der Waals surface area contributed by atoms with Crippen LogP contribution in [0.1, 0.15) is 16.1 Å². The molecule has 5 rings (SSSR count). The Hall–Kier alpha value is -4.78. The topological polar surface area (TPSA) is 97.7 Å². The summed E-state index contributed by atoms with van der Waals surface area (Å²) < 4.78 is 7.05. The molecule has 160 valence electrons. The molecule has 0 saturated carbocycles. The molecule has 0 aliphatic carbocycles. The number of carboxylic acids is 1. The molecule has 0 saturated heterocycles. The summed E-state index contributed by atoms with van der Waals surface area (Å²) in [5, 5.41) is 14.3. The number of aromatic carboxylic acids is 1. The summed E-state index contributed by atoms with van der Waals surface area (Å²) in [6.45, 7) is 0. The first-order chi connectivity index (χ1) is 16.1. The minimum atomic E-state index is -1.04. The minimum Gasteiger partial charge on any atom is -0.478 e. The molecule has 33 heavy (non-hydrogen) atoms. The summed E-state index contributed by atoms with van der Waals surface area (Å²) >= 11 is 0. The van der Waals surface area contributed by atoms with Crippen LogP contribution in [0.2, 0.25) is 0 Å². The van der Waals surface area contributed by atoms with E-state index >= 15 is 0 Å². The van der Waals surface area contributed by atoms with Gasteiger partial charge in [-0.25, -0.2) is 9.78 Å². The summed E-state index contributed by atoms with van der Waals surface area (Å²) in [7, 11) is 0. The van der Waals surface area contributed by atoms with Gasteiger partial charge in [0.1, 0.15) is 11.5 Å². The lowest BCUT2D eigenvalue weighted by atomic mass is 10.1. The van der Waals surface area contributed by atoms with Crippen molar-refractivity contribution >= 4 is 23.1 Å². The molecule has 0 bridgehead atoms. The molecule has 0 unspecified atom stereocenters. The molecule has 0 amide bonds. The van der Waals surface area contributed by atoms with Crippen molar-refractivity contribution in [1.82, 2.24) is 9.66 Å². The Morgan fingerprint density at radius 3 is 2.45 bits per heavy atom. The van der Waals surface area contributed by atoms with Crippen LogP contribution in [0.5, 0.6) is 0 Å². The standard InChI is InChI=1S/C26H17N3O4/c30-25-21-12-6-7-13-22(21)28-24(17-8-2-1-3-9-17)29(25)27-16-18-14-15-23(33-18)19-10-4-5-11-20(19)26(31)32/h1-16H,(H,31,32). The number of furan rings is 1. The fraction of sp³-hybridized carbons (Fsp3) is 0. The maximum Gasteiger partial charge on any atom is 0.336 e. The smallest absolute Gasteiger partial charge is 0.336 e. The van der Waals surface area contributed by atoms with Crippen molar-refractivity contribution in [3.05, 3.63) is 113 Å². The second-order valence-electron chi connectivity index (χ2n) is 7.23. The molecule has 5 aromatic rings. The first kappa shape index (κ1) is 20.1. The lowest BCUT2D eigenvalue weighted by Crippen LogP contribution is -2.20. The molecule has 0 spiro atoms. The second kappa shape index (κ2) is 8.39. The van der Waals surface area contributed by atoms with Crippen LogP contribution in [0.3, 0.4) is 0 Å². The average Bonchev–Trinajstić information content (AvgIpc) is 3.33. The summed E-state index contributed by atoms with van der Waals surface area (Å²) in [5.74, 6) is 0.114. The van der Waals surface area contributed by atoms with Gasteiger partial charge in [0.2, 0.25) is 0 Å². The fourth-order valence-corrected chi connectivity index (χ4v) is 3.57. The van der Waals surface area contributed by atoms with Crippen molar-refractivity contribution in [2.45, 2.75) is 0 Å². The zero-order valence-electron chi connectivity index (χ0n) is 17.3. The number of carbonyl (C=O) groups is 1. The highest BCUT2D eigenvalue weighted by Crippen LogP contribution is 2.25. The minimum absolute atomic E-state index is 0.136. The third kappa shape index (κ3) is 3.83. The number of fused-ring (bicyclic) bond motifs is 1. The highest BCUT2D eigenvalue weighted by atomic mass is 16.4. The van der Waals surface area contributed by atoms with Gasteiger partial charge < -0.3 is 9.52 Å². The number of carboxylic acid groups (broad SMARTS) is 1. The Morgan fingerprint density at radius 1 is 0.909 bits per heavy atom. The molecule has 2 aromatic heterocycles. The van der Waals surface area contributed by atoms with Gasteiger partial charge in [-0.1, -0.05) is 60.7 Å². The van der Waals surface area contributed by atoms with Crippen molar-refractivity contribution in [1.29, 1.82) is 0 Å². The van der Waals surface area contributed by atoms with E-state index in [1.807, 2.05) is 36.4 Å². The van der Waals surface area contributed by atoms with Crippen LogP contribution in [0.25, 0.3) is 33.6 Å². The van der Waals surface area contributed by atoms with Crippen LogP contribution < -0.4 is 5.56 Å². The van der Waals surface area contributed by atoms with Gasteiger partial charge >= 0.3 is 5.97 Å². The molecule has 1 N–H and O–H groups in total. The van der Waals surface area contributed by atoms with E-state index < -0.39 is 5.97 Å². The quantitative estimate of drug-likeness (QED) is 0.396. The molecule has 0 atom stereocenters.